The molecule has 1 N–H and O–H groups in total. The zero-order valence-corrected chi connectivity index (χ0v) is 8.22. The van der Waals surface area contributed by atoms with Crippen molar-refractivity contribution in [3.05, 3.63) is 45.8 Å². The van der Waals surface area contributed by atoms with Gasteiger partial charge in [-0.15, -0.1) is 0 Å². The molecule has 0 unspecified atom stereocenters. The summed E-state index contributed by atoms with van der Waals surface area (Å²) in [6.45, 7) is 0.316. The highest BCUT2D eigenvalue weighted by Gasteiger charge is 1.92. The lowest BCUT2D eigenvalue weighted by Gasteiger charge is -1.97. The third-order valence-corrected chi connectivity index (χ3v) is 1.77. The summed E-state index contributed by atoms with van der Waals surface area (Å²) in [7, 11) is 0. The molecule has 0 saturated heterocycles. The predicted octanol–water partition coefficient (Wildman–Crippen LogP) is 1.88. The van der Waals surface area contributed by atoms with Crippen LogP contribution in [0.4, 0.5) is 0 Å². The van der Waals surface area contributed by atoms with Crippen molar-refractivity contribution in [2.45, 2.75) is 6.42 Å². The summed E-state index contributed by atoms with van der Waals surface area (Å²) in [5, 5.41) is 12.1. The largest absolute Gasteiger partial charge is 0.396 e. The molecule has 0 spiro atoms. The second-order valence-electron chi connectivity index (χ2n) is 2.86. The van der Waals surface area contributed by atoms with Crippen molar-refractivity contribution >= 4 is 0 Å². The van der Waals surface area contributed by atoms with E-state index in [4.69, 9.17) is 10.6 Å². The van der Waals surface area contributed by atoms with Gasteiger partial charge in [-0.2, -0.15) is 0 Å². The van der Waals surface area contributed by atoms with Gasteiger partial charge in [0, 0.05) is 17.1 Å². The van der Waals surface area contributed by atoms with Crippen LogP contribution in [0.15, 0.2) is 29.4 Å². The molecule has 0 amide bonds. The van der Waals surface area contributed by atoms with Crippen LogP contribution in [0.3, 0.4) is 0 Å². The van der Waals surface area contributed by atoms with Gasteiger partial charge in [-0.3, -0.25) is 0 Å². The summed E-state index contributed by atoms with van der Waals surface area (Å²) in [5.41, 5.74) is 9.96. The van der Waals surface area contributed by atoms with E-state index in [2.05, 4.69) is 21.9 Å². The number of aliphatic hydroxyl groups excluding tert-OH is 1. The van der Waals surface area contributed by atoms with Crippen molar-refractivity contribution in [3.63, 3.8) is 0 Å². The maximum absolute atomic E-state index is 8.77. The Bertz CT molecular complexity index is 425. The number of rotatable bonds is 3. The second-order valence-corrected chi connectivity index (χ2v) is 2.86. The number of hydrogen-bond acceptors (Lipinski definition) is 2. The Kier molecular flexibility index (Phi) is 4.82. The van der Waals surface area contributed by atoms with E-state index >= 15 is 0 Å². The Balaban J connectivity index is 2.71. The molecule has 0 saturated carbocycles. The molecular weight excluding hydrogens is 190 g/mol. The van der Waals surface area contributed by atoms with Crippen LogP contribution in [0.25, 0.3) is 10.4 Å². The van der Waals surface area contributed by atoms with Crippen LogP contribution in [0.5, 0.6) is 0 Å². The first-order chi connectivity index (χ1) is 7.36. The SMILES string of the molecule is [N-]=[N+]=NCC#Cc1cccc(CCO)c1. The Morgan fingerprint density at radius 1 is 1.47 bits per heavy atom. The normalized spacial score (nSPS) is 8.60. The molecule has 0 bridgehead atoms. The lowest BCUT2D eigenvalue weighted by Crippen LogP contribution is -1.90. The molecule has 0 aromatic heterocycles. The fraction of sp³-hybridized carbons (Fsp3) is 0.273. The molecule has 0 radical (unpaired) electrons. The Morgan fingerprint density at radius 2 is 2.33 bits per heavy atom. The van der Waals surface area contributed by atoms with Gasteiger partial charge in [-0.25, -0.2) is 0 Å². The Labute approximate surface area is 88.2 Å². The van der Waals surface area contributed by atoms with Gasteiger partial charge in [-0.05, 0) is 29.6 Å². The zero-order valence-electron chi connectivity index (χ0n) is 8.22. The van der Waals surface area contributed by atoms with Gasteiger partial charge >= 0.3 is 0 Å². The predicted molar refractivity (Wildman–Crippen MR) is 58.1 cm³/mol. The molecule has 4 nitrogen and oxygen atoms in total. The lowest BCUT2D eigenvalue weighted by atomic mass is 10.1. The number of benzene rings is 1. The van der Waals surface area contributed by atoms with E-state index in [1.807, 2.05) is 24.3 Å². The molecule has 0 aliphatic rings. The van der Waals surface area contributed by atoms with E-state index in [1.54, 1.807) is 0 Å². The molecule has 0 aliphatic carbocycles. The highest BCUT2D eigenvalue weighted by atomic mass is 16.2. The van der Waals surface area contributed by atoms with Crippen LogP contribution in [0.1, 0.15) is 11.1 Å². The maximum atomic E-state index is 8.77. The number of nitrogens with zero attached hydrogens (tertiary/aromatic N) is 3. The van der Waals surface area contributed by atoms with E-state index in [9.17, 15) is 0 Å². The fourth-order valence-corrected chi connectivity index (χ4v) is 1.14. The van der Waals surface area contributed by atoms with Crippen molar-refractivity contribution in [3.8, 4) is 11.8 Å². The van der Waals surface area contributed by atoms with Crippen molar-refractivity contribution in [1.29, 1.82) is 0 Å². The van der Waals surface area contributed by atoms with Crippen LogP contribution in [-0.2, 0) is 6.42 Å². The first-order valence-electron chi connectivity index (χ1n) is 4.56. The molecule has 0 aliphatic heterocycles. The van der Waals surface area contributed by atoms with Crippen LogP contribution >= 0.6 is 0 Å². The average Bonchev–Trinajstić information content (AvgIpc) is 2.26. The van der Waals surface area contributed by atoms with Crippen LogP contribution < -0.4 is 0 Å². The van der Waals surface area contributed by atoms with Crippen molar-refractivity contribution in [2.75, 3.05) is 13.2 Å². The first kappa shape index (κ1) is 11.1. The smallest absolute Gasteiger partial charge is 0.0880 e. The van der Waals surface area contributed by atoms with Gasteiger partial charge in [-0.1, -0.05) is 29.1 Å². The topological polar surface area (TPSA) is 69.0 Å². The molecule has 0 atom stereocenters. The van der Waals surface area contributed by atoms with Gasteiger partial charge in [0.2, 0.25) is 0 Å². The summed E-state index contributed by atoms with van der Waals surface area (Å²) in [4.78, 5) is 2.60. The minimum atomic E-state index is 0.135. The van der Waals surface area contributed by atoms with E-state index in [0.29, 0.717) is 6.42 Å². The van der Waals surface area contributed by atoms with E-state index in [1.165, 1.54) is 0 Å². The standard InChI is InChI=1S/C11H11N3O/c12-14-13-7-2-5-10-3-1-4-11(9-10)6-8-15/h1,3-4,9,15H,6-8H2. The van der Waals surface area contributed by atoms with Gasteiger partial charge in [0.1, 0.15) is 0 Å². The van der Waals surface area contributed by atoms with Gasteiger partial charge in [0.15, 0.2) is 0 Å². The third-order valence-electron chi connectivity index (χ3n) is 1.77. The number of hydrogen-bond donors (Lipinski definition) is 1. The molecular formula is C11H11N3O. The highest BCUT2D eigenvalue weighted by Crippen LogP contribution is 2.04. The van der Waals surface area contributed by atoms with E-state index in [0.717, 1.165) is 11.1 Å². The van der Waals surface area contributed by atoms with E-state index in [-0.39, 0.29) is 13.2 Å². The summed E-state index contributed by atoms with van der Waals surface area (Å²) < 4.78 is 0. The van der Waals surface area contributed by atoms with Crippen molar-refractivity contribution in [2.24, 2.45) is 5.11 Å². The Morgan fingerprint density at radius 3 is 3.07 bits per heavy atom. The molecule has 1 aromatic rings. The molecule has 4 heteroatoms. The number of aliphatic hydroxyl groups is 1. The Hall–Kier alpha value is -1.95. The second kappa shape index (κ2) is 6.50. The first-order valence-corrected chi connectivity index (χ1v) is 4.56. The monoisotopic (exact) mass is 201 g/mol. The van der Waals surface area contributed by atoms with Gasteiger partial charge in [0.05, 0.1) is 6.54 Å². The van der Waals surface area contributed by atoms with Crippen LogP contribution in [0, 0.1) is 11.8 Å². The van der Waals surface area contributed by atoms with Gasteiger partial charge < -0.3 is 5.11 Å². The summed E-state index contributed by atoms with van der Waals surface area (Å²) >= 11 is 0. The zero-order chi connectivity index (χ0) is 10.9. The van der Waals surface area contributed by atoms with Gasteiger partial charge in [0.25, 0.3) is 0 Å². The van der Waals surface area contributed by atoms with Crippen molar-refractivity contribution in [1.82, 2.24) is 0 Å². The van der Waals surface area contributed by atoms with Crippen LogP contribution in [0.2, 0.25) is 0 Å². The fourth-order valence-electron chi connectivity index (χ4n) is 1.14. The summed E-state index contributed by atoms with van der Waals surface area (Å²) in [5.74, 6) is 5.62. The summed E-state index contributed by atoms with van der Waals surface area (Å²) in [6.07, 6.45) is 0.631. The quantitative estimate of drug-likeness (QED) is 0.345. The minimum absolute atomic E-state index is 0.135. The van der Waals surface area contributed by atoms with Crippen molar-refractivity contribution < 1.29 is 5.11 Å². The average molecular weight is 201 g/mol. The molecule has 0 heterocycles. The van der Waals surface area contributed by atoms with Crippen LogP contribution in [-0.4, -0.2) is 18.3 Å². The molecule has 0 fully saturated rings. The van der Waals surface area contributed by atoms with E-state index < -0.39 is 0 Å². The minimum Gasteiger partial charge on any atom is -0.396 e. The third kappa shape index (κ3) is 4.19. The summed E-state index contributed by atoms with van der Waals surface area (Å²) in [6, 6.07) is 7.63. The molecule has 1 aromatic carbocycles. The molecule has 1 rings (SSSR count). The highest BCUT2D eigenvalue weighted by molar-refractivity contribution is 5.37. The lowest BCUT2D eigenvalue weighted by molar-refractivity contribution is 0.299. The molecule has 76 valence electrons. The number of azide groups is 1. The molecule has 15 heavy (non-hydrogen) atoms. The maximum Gasteiger partial charge on any atom is 0.0880 e.